The lowest BCUT2D eigenvalue weighted by Gasteiger charge is -2.43. The summed E-state index contributed by atoms with van der Waals surface area (Å²) in [7, 11) is 0. The van der Waals surface area contributed by atoms with Crippen LogP contribution in [0.5, 0.6) is 0 Å². The predicted octanol–water partition coefficient (Wildman–Crippen LogP) is 5.60. The summed E-state index contributed by atoms with van der Waals surface area (Å²) in [5.41, 5.74) is 0.593. The summed E-state index contributed by atoms with van der Waals surface area (Å²) in [5, 5.41) is 0. The Hall–Kier alpha value is -0.0400. The number of hydrogen-bond acceptors (Lipinski definition) is 1. The molecule has 0 aromatic heterocycles. The fourth-order valence-corrected chi connectivity index (χ4v) is 3.49. The molecule has 1 saturated heterocycles. The van der Waals surface area contributed by atoms with Crippen molar-refractivity contribution in [2.75, 3.05) is 19.6 Å². The number of piperidine rings is 1. The molecule has 1 rings (SSSR count). The summed E-state index contributed by atoms with van der Waals surface area (Å²) in [6, 6.07) is 0. The molecule has 1 heterocycles. The van der Waals surface area contributed by atoms with Crippen molar-refractivity contribution in [3.8, 4) is 0 Å². The molecule has 2 atom stereocenters. The van der Waals surface area contributed by atoms with Crippen LogP contribution in [-0.2, 0) is 0 Å². The Kier molecular flexibility index (Phi) is 9.78. The van der Waals surface area contributed by atoms with Crippen LogP contribution in [-0.4, -0.2) is 24.5 Å². The topological polar surface area (TPSA) is 3.24 Å². The van der Waals surface area contributed by atoms with Crippen molar-refractivity contribution in [1.29, 1.82) is 0 Å². The standard InChI is InChI=1S/C16H33N.C2H6/c1-6-14(4)13-16(5,7-2)15-9-11-17(8-3)12-10-15;1-2/h14-15H,6-13H2,1-5H3;1-2H3. The predicted molar refractivity (Wildman–Crippen MR) is 88.7 cm³/mol. The molecule has 0 aromatic carbocycles. The van der Waals surface area contributed by atoms with Gasteiger partial charge in [-0.3, -0.25) is 0 Å². The highest BCUT2D eigenvalue weighted by atomic mass is 15.1. The maximum Gasteiger partial charge on any atom is -0.00160 e. The van der Waals surface area contributed by atoms with E-state index in [-0.39, 0.29) is 0 Å². The molecule has 0 radical (unpaired) electrons. The molecular formula is C18H39N. The van der Waals surface area contributed by atoms with Crippen molar-refractivity contribution in [3.63, 3.8) is 0 Å². The molecule has 2 unspecified atom stereocenters. The molecule has 0 aromatic rings. The molecule has 0 N–H and O–H groups in total. The zero-order valence-corrected chi connectivity index (χ0v) is 14.8. The zero-order chi connectivity index (χ0) is 14.9. The van der Waals surface area contributed by atoms with Crippen molar-refractivity contribution in [1.82, 2.24) is 4.90 Å². The van der Waals surface area contributed by atoms with E-state index < -0.39 is 0 Å². The summed E-state index contributed by atoms with van der Waals surface area (Å²) in [4.78, 5) is 2.61. The van der Waals surface area contributed by atoms with Crippen LogP contribution < -0.4 is 0 Å². The maximum atomic E-state index is 2.61. The third kappa shape index (κ3) is 5.85. The first-order chi connectivity index (χ1) is 9.05. The van der Waals surface area contributed by atoms with E-state index in [1.54, 1.807) is 0 Å². The van der Waals surface area contributed by atoms with Gasteiger partial charge in [0.25, 0.3) is 0 Å². The second-order valence-electron chi connectivity index (χ2n) is 6.43. The molecule has 0 saturated carbocycles. The van der Waals surface area contributed by atoms with Gasteiger partial charge >= 0.3 is 0 Å². The number of nitrogens with zero attached hydrogens (tertiary/aromatic N) is 1. The molecular weight excluding hydrogens is 230 g/mol. The molecule has 19 heavy (non-hydrogen) atoms. The molecule has 1 nitrogen and oxygen atoms in total. The highest BCUT2D eigenvalue weighted by molar-refractivity contribution is 4.86. The van der Waals surface area contributed by atoms with E-state index in [9.17, 15) is 0 Å². The first-order valence-corrected chi connectivity index (χ1v) is 8.78. The van der Waals surface area contributed by atoms with Gasteiger partial charge < -0.3 is 4.90 Å². The minimum atomic E-state index is 0.593. The molecule has 0 aliphatic carbocycles. The second-order valence-corrected chi connectivity index (χ2v) is 6.43. The highest BCUT2D eigenvalue weighted by Crippen LogP contribution is 2.43. The Bertz CT molecular complexity index is 206. The smallest absolute Gasteiger partial charge is 0.00160 e. The van der Waals surface area contributed by atoms with Gasteiger partial charge in [0.1, 0.15) is 0 Å². The van der Waals surface area contributed by atoms with Gasteiger partial charge in [0.05, 0.1) is 0 Å². The first kappa shape index (κ1) is 19.0. The molecule has 116 valence electrons. The molecule has 1 heteroatoms. The van der Waals surface area contributed by atoms with Crippen LogP contribution in [0.3, 0.4) is 0 Å². The van der Waals surface area contributed by atoms with E-state index in [0.717, 1.165) is 11.8 Å². The van der Waals surface area contributed by atoms with E-state index in [0.29, 0.717) is 5.41 Å². The first-order valence-electron chi connectivity index (χ1n) is 8.78. The monoisotopic (exact) mass is 269 g/mol. The second kappa shape index (κ2) is 9.80. The summed E-state index contributed by atoms with van der Waals surface area (Å²) in [6.45, 7) is 19.9. The molecule has 0 amide bonds. The fraction of sp³-hybridized carbons (Fsp3) is 1.00. The number of hydrogen-bond donors (Lipinski definition) is 0. The van der Waals surface area contributed by atoms with Crippen LogP contribution in [0.4, 0.5) is 0 Å². The van der Waals surface area contributed by atoms with Crippen molar-refractivity contribution in [3.05, 3.63) is 0 Å². The Labute approximate surface area is 123 Å². The van der Waals surface area contributed by atoms with Gasteiger partial charge in [-0.05, 0) is 56.1 Å². The van der Waals surface area contributed by atoms with Gasteiger partial charge in [0.15, 0.2) is 0 Å². The van der Waals surface area contributed by atoms with Crippen LogP contribution in [0.1, 0.15) is 80.6 Å². The summed E-state index contributed by atoms with van der Waals surface area (Å²) in [6.07, 6.45) is 6.97. The largest absolute Gasteiger partial charge is 0.304 e. The lowest BCUT2D eigenvalue weighted by molar-refractivity contribution is 0.0662. The Morgan fingerprint density at radius 3 is 2.00 bits per heavy atom. The average Bonchev–Trinajstić information content (AvgIpc) is 2.49. The van der Waals surface area contributed by atoms with Crippen molar-refractivity contribution in [2.24, 2.45) is 17.3 Å². The van der Waals surface area contributed by atoms with Crippen molar-refractivity contribution < 1.29 is 0 Å². The summed E-state index contributed by atoms with van der Waals surface area (Å²) < 4.78 is 0. The van der Waals surface area contributed by atoms with Gasteiger partial charge in [-0.1, -0.05) is 61.3 Å². The van der Waals surface area contributed by atoms with E-state index in [4.69, 9.17) is 0 Å². The Morgan fingerprint density at radius 1 is 1.11 bits per heavy atom. The Morgan fingerprint density at radius 2 is 1.63 bits per heavy atom. The number of rotatable bonds is 6. The summed E-state index contributed by atoms with van der Waals surface area (Å²) in [5.74, 6) is 1.86. The average molecular weight is 270 g/mol. The normalized spacial score (nSPS) is 22.3. The number of likely N-dealkylation sites (tertiary alicyclic amines) is 1. The maximum absolute atomic E-state index is 2.61. The summed E-state index contributed by atoms with van der Waals surface area (Å²) >= 11 is 0. The van der Waals surface area contributed by atoms with E-state index in [1.807, 2.05) is 13.8 Å². The van der Waals surface area contributed by atoms with E-state index >= 15 is 0 Å². The lowest BCUT2D eigenvalue weighted by atomic mass is 9.66. The van der Waals surface area contributed by atoms with Crippen LogP contribution in [0.2, 0.25) is 0 Å². The SMILES string of the molecule is CC.CCC(C)CC(C)(CC)C1CCN(CC)CC1. The van der Waals surface area contributed by atoms with Crippen LogP contribution >= 0.6 is 0 Å². The van der Waals surface area contributed by atoms with Gasteiger partial charge in [0.2, 0.25) is 0 Å². The van der Waals surface area contributed by atoms with Crippen molar-refractivity contribution >= 4 is 0 Å². The Balaban J connectivity index is 0.00000154. The van der Waals surface area contributed by atoms with Crippen LogP contribution in [0.25, 0.3) is 0 Å². The molecule has 0 spiro atoms. The minimum absolute atomic E-state index is 0.593. The van der Waals surface area contributed by atoms with E-state index in [2.05, 4.69) is 39.5 Å². The van der Waals surface area contributed by atoms with Gasteiger partial charge in [-0.2, -0.15) is 0 Å². The van der Waals surface area contributed by atoms with Gasteiger partial charge in [-0.15, -0.1) is 0 Å². The quantitative estimate of drug-likeness (QED) is 0.607. The molecule has 1 aliphatic rings. The van der Waals surface area contributed by atoms with Crippen molar-refractivity contribution in [2.45, 2.75) is 80.6 Å². The fourth-order valence-electron chi connectivity index (χ4n) is 3.49. The van der Waals surface area contributed by atoms with Crippen LogP contribution in [0, 0.1) is 17.3 Å². The van der Waals surface area contributed by atoms with Gasteiger partial charge in [0, 0.05) is 0 Å². The molecule has 0 bridgehead atoms. The zero-order valence-electron chi connectivity index (χ0n) is 14.8. The van der Waals surface area contributed by atoms with Gasteiger partial charge in [-0.25, -0.2) is 0 Å². The molecule has 1 fully saturated rings. The lowest BCUT2D eigenvalue weighted by Crippen LogP contribution is -2.40. The highest BCUT2D eigenvalue weighted by Gasteiger charge is 2.35. The van der Waals surface area contributed by atoms with Crippen LogP contribution in [0.15, 0.2) is 0 Å². The van der Waals surface area contributed by atoms with E-state index in [1.165, 1.54) is 51.7 Å². The molecule has 1 aliphatic heterocycles. The third-order valence-corrected chi connectivity index (χ3v) is 5.34. The third-order valence-electron chi connectivity index (χ3n) is 5.34. The minimum Gasteiger partial charge on any atom is -0.304 e.